The Morgan fingerprint density at radius 3 is 1.66 bits per heavy atom. The zero-order chi connectivity index (χ0) is 29.3. The van der Waals surface area contributed by atoms with E-state index in [1.807, 2.05) is 0 Å². The Kier molecular flexibility index (Phi) is 11.3. The lowest BCUT2D eigenvalue weighted by Crippen LogP contribution is -2.34. The second-order valence-electron chi connectivity index (χ2n) is 10.4. The van der Waals surface area contributed by atoms with Gasteiger partial charge in [-0.05, 0) is 48.5 Å². The third-order valence-electron chi connectivity index (χ3n) is 4.75. The van der Waals surface area contributed by atoms with Crippen molar-refractivity contribution in [3.63, 3.8) is 0 Å². The number of aromatic nitrogens is 1. The zero-order valence-electron chi connectivity index (χ0n) is 22.9. The van der Waals surface area contributed by atoms with Crippen molar-refractivity contribution in [3.8, 4) is 30.4 Å². The first-order valence-corrected chi connectivity index (χ1v) is 11.8. The molecule has 10 nitrogen and oxygen atoms in total. The molecule has 0 aliphatic carbocycles. The lowest BCUT2D eigenvalue weighted by molar-refractivity contribution is -0.171. The molecule has 206 valence electrons. The van der Waals surface area contributed by atoms with Crippen molar-refractivity contribution in [1.29, 1.82) is 0 Å². The highest BCUT2D eigenvalue weighted by Gasteiger charge is 2.34. The van der Waals surface area contributed by atoms with Gasteiger partial charge in [0.1, 0.15) is 30.2 Å². The van der Waals surface area contributed by atoms with Gasteiger partial charge in [-0.3, -0.25) is 24.2 Å². The van der Waals surface area contributed by atoms with E-state index in [0.29, 0.717) is 0 Å². The van der Waals surface area contributed by atoms with Crippen LogP contribution in [0, 0.1) is 43.4 Å². The molecule has 0 amide bonds. The number of terminal acetylenes is 2. The van der Waals surface area contributed by atoms with Crippen LogP contribution in [0.4, 0.5) is 0 Å². The van der Waals surface area contributed by atoms with Crippen LogP contribution in [0.3, 0.4) is 0 Å². The van der Waals surface area contributed by atoms with Gasteiger partial charge in [0.05, 0.1) is 5.69 Å². The number of esters is 4. The van der Waals surface area contributed by atoms with Crippen LogP contribution >= 0.6 is 0 Å². The van der Waals surface area contributed by atoms with E-state index in [9.17, 15) is 24.3 Å². The molecule has 0 spiro atoms. The smallest absolute Gasteiger partial charge is 0.321 e. The van der Waals surface area contributed by atoms with Crippen LogP contribution in [-0.2, 0) is 51.3 Å². The normalized spacial score (nSPS) is 12.8. The Morgan fingerprint density at radius 2 is 1.26 bits per heavy atom. The Morgan fingerprint density at radius 1 is 0.842 bits per heavy atom. The van der Waals surface area contributed by atoms with Crippen molar-refractivity contribution in [2.45, 2.75) is 85.7 Å². The fourth-order valence-corrected chi connectivity index (χ4v) is 2.97. The summed E-state index contributed by atoms with van der Waals surface area (Å²) in [7, 11) is 0. The standard InChI is InChI=1S/C28H35NO9/c1-10-12-19(25(33)37-27(4,5)6)23(31)35-15-18-14-29-17(3)22(30)21(18)16-36-24(32)20(13-11-2)26(34)38-28(7,8)9/h1-2,14,19-20,30H,12-13,15-16H2,3-9H3. The topological polar surface area (TPSA) is 138 Å². The molecule has 10 heteroatoms. The van der Waals surface area contributed by atoms with Gasteiger partial charge in [0.2, 0.25) is 0 Å². The van der Waals surface area contributed by atoms with Gasteiger partial charge in [-0.15, -0.1) is 24.7 Å². The Hall–Kier alpha value is -4.05. The van der Waals surface area contributed by atoms with Gasteiger partial charge in [-0.25, -0.2) is 0 Å². The summed E-state index contributed by atoms with van der Waals surface area (Å²) in [4.78, 5) is 54.2. The molecule has 0 saturated heterocycles. The van der Waals surface area contributed by atoms with E-state index < -0.39 is 60.1 Å². The average molecular weight is 530 g/mol. The predicted octanol–water partition coefficient (Wildman–Crippen LogP) is 3.14. The minimum Gasteiger partial charge on any atom is -0.506 e. The molecule has 1 N–H and O–H groups in total. The number of rotatable bonds is 10. The third kappa shape index (κ3) is 10.1. The van der Waals surface area contributed by atoms with Crippen LogP contribution in [0.5, 0.6) is 5.75 Å². The van der Waals surface area contributed by atoms with Gasteiger partial charge in [0.25, 0.3) is 0 Å². The van der Waals surface area contributed by atoms with E-state index in [2.05, 4.69) is 16.8 Å². The highest BCUT2D eigenvalue weighted by molar-refractivity contribution is 5.96. The molecule has 0 aromatic carbocycles. The summed E-state index contributed by atoms with van der Waals surface area (Å²) in [5.41, 5.74) is -1.18. The molecule has 1 rings (SSSR count). The maximum absolute atomic E-state index is 12.7. The minimum atomic E-state index is -1.37. The summed E-state index contributed by atoms with van der Waals surface area (Å²) in [6.07, 6.45) is 11.4. The van der Waals surface area contributed by atoms with Gasteiger partial charge < -0.3 is 24.1 Å². The van der Waals surface area contributed by atoms with E-state index in [-0.39, 0.29) is 35.4 Å². The maximum Gasteiger partial charge on any atom is 0.321 e. The summed E-state index contributed by atoms with van der Waals surface area (Å²) in [6.45, 7) is 10.5. The van der Waals surface area contributed by atoms with Crippen molar-refractivity contribution in [2.24, 2.45) is 11.8 Å². The summed E-state index contributed by atoms with van der Waals surface area (Å²) < 4.78 is 21.0. The van der Waals surface area contributed by atoms with Gasteiger partial charge >= 0.3 is 23.9 Å². The molecule has 0 bridgehead atoms. The van der Waals surface area contributed by atoms with E-state index in [4.69, 9.17) is 31.8 Å². The van der Waals surface area contributed by atoms with Crippen molar-refractivity contribution in [1.82, 2.24) is 4.98 Å². The van der Waals surface area contributed by atoms with E-state index in [1.165, 1.54) is 13.1 Å². The summed E-state index contributed by atoms with van der Waals surface area (Å²) in [5.74, 6) is -2.08. The van der Waals surface area contributed by atoms with Crippen LogP contribution < -0.4 is 0 Å². The Bertz CT molecular complexity index is 1130. The molecule has 2 atom stereocenters. The van der Waals surface area contributed by atoms with Crippen LogP contribution in [0.1, 0.15) is 71.2 Å². The van der Waals surface area contributed by atoms with E-state index in [1.54, 1.807) is 41.5 Å². The molecule has 0 aliphatic rings. The number of nitrogens with zero attached hydrogens (tertiary/aromatic N) is 1. The Labute approximate surface area is 223 Å². The number of pyridine rings is 1. The number of carbonyl (C=O) groups is 4. The molecular formula is C28H35NO9. The lowest BCUT2D eigenvalue weighted by atomic mass is 10.1. The largest absolute Gasteiger partial charge is 0.506 e. The van der Waals surface area contributed by atoms with Crippen molar-refractivity contribution in [3.05, 3.63) is 23.0 Å². The number of ether oxygens (including phenoxy) is 4. The van der Waals surface area contributed by atoms with E-state index >= 15 is 0 Å². The van der Waals surface area contributed by atoms with Crippen molar-refractivity contribution in [2.75, 3.05) is 0 Å². The Balaban J connectivity index is 3.07. The molecule has 1 aromatic rings. The first-order chi connectivity index (χ1) is 17.5. The number of hydrogen-bond acceptors (Lipinski definition) is 10. The summed E-state index contributed by atoms with van der Waals surface area (Å²) >= 11 is 0. The van der Waals surface area contributed by atoms with Crippen molar-refractivity contribution >= 4 is 23.9 Å². The van der Waals surface area contributed by atoms with Gasteiger partial charge in [0, 0.05) is 30.2 Å². The fraction of sp³-hybridized carbons (Fsp3) is 0.536. The minimum absolute atomic E-state index is 0.0908. The fourth-order valence-electron chi connectivity index (χ4n) is 2.97. The molecular weight excluding hydrogens is 494 g/mol. The SMILES string of the molecule is C#CCC(C(=O)OCc1cnc(C)c(O)c1COC(=O)C(CC#C)C(=O)OC(C)(C)C)C(=O)OC(C)(C)C. The van der Waals surface area contributed by atoms with Gasteiger partial charge in [-0.1, -0.05) is 0 Å². The second-order valence-corrected chi connectivity index (χ2v) is 10.4. The number of carbonyl (C=O) groups excluding carboxylic acids is 4. The average Bonchev–Trinajstić information content (AvgIpc) is 2.78. The third-order valence-corrected chi connectivity index (χ3v) is 4.75. The van der Waals surface area contributed by atoms with Gasteiger partial charge in [0.15, 0.2) is 11.8 Å². The molecule has 38 heavy (non-hydrogen) atoms. The molecule has 0 saturated carbocycles. The summed E-state index contributed by atoms with van der Waals surface area (Å²) in [6, 6.07) is 0. The molecule has 0 radical (unpaired) electrons. The van der Waals surface area contributed by atoms with Crippen LogP contribution in [0.2, 0.25) is 0 Å². The highest BCUT2D eigenvalue weighted by Crippen LogP contribution is 2.27. The number of aryl methyl sites for hydroxylation is 1. The number of hydrogen-bond donors (Lipinski definition) is 1. The predicted molar refractivity (Wildman–Crippen MR) is 136 cm³/mol. The first-order valence-electron chi connectivity index (χ1n) is 11.8. The summed E-state index contributed by atoms with van der Waals surface area (Å²) in [5, 5.41) is 10.6. The van der Waals surface area contributed by atoms with Crippen molar-refractivity contribution < 1.29 is 43.2 Å². The molecule has 0 aliphatic heterocycles. The van der Waals surface area contributed by atoms with E-state index in [0.717, 1.165) is 0 Å². The number of aromatic hydroxyl groups is 1. The molecule has 2 unspecified atom stereocenters. The monoisotopic (exact) mass is 529 g/mol. The highest BCUT2D eigenvalue weighted by atomic mass is 16.6. The van der Waals surface area contributed by atoms with Crippen LogP contribution in [0.25, 0.3) is 0 Å². The van der Waals surface area contributed by atoms with Gasteiger partial charge in [-0.2, -0.15) is 0 Å². The maximum atomic E-state index is 12.7. The quantitative estimate of drug-likeness (QED) is 0.208. The lowest BCUT2D eigenvalue weighted by Gasteiger charge is -2.23. The molecule has 0 fully saturated rings. The molecule has 1 aromatic heterocycles. The first kappa shape index (κ1) is 32.0. The van der Waals surface area contributed by atoms with Crippen LogP contribution in [0.15, 0.2) is 6.20 Å². The zero-order valence-corrected chi connectivity index (χ0v) is 22.9. The molecule has 1 heterocycles. The van der Waals surface area contributed by atoms with Crippen LogP contribution in [-0.4, -0.2) is 45.2 Å². The second kappa shape index (κ2) is 13.5.